The molecule has 0 spiro atoms. The van der Waals surface area contributed by atoms with Gasteiger partial charge < -0.3 is 4.74 Å². The van der Waals surface area contributed by atoms with Crippen LogP contribution in [0.4, 0.5) is 4.39 Å². The molecule has 14 heavy (non-hydrogen) atoms. The molecule has 0 aliphatic rings. The van der Waals surface area contributed by atoms with Crippen molar-refractivity contribution in [3.8, 4) is 0 Å². The Kier molecular flexibility index (Phi) is 3.63. The maximum atomic E-state index is 13.2. The van der Waals surface area contributed by atoms with Crippen LogP contribution in [-0.4, -0.2) is 12.6 Å². The second-order valence-corrected chi connectivity index (χ2v) is 3.62. The van der Waals surface area contributed by atoms with Gasteiger partial charge in [0, 0.05) is 0 Å². The minimum Gasteiger partial charge on any atom is -0.462 e. The Morgan fingerprint density at radius 3 is 2.79 bits per heavy atom. The van der Waals surface area contributed by atoms with Crippen LogP contribution in [0.25, 0.3) is 0 Å². The number of ether oxygens (including phenoxy) is 1. The van der Waals surface area contributed by atoms with Gasteiger partial charge >= 0.3 is 5.97 Å². The molecular formula is C10H10BrFO2. The highest BCUT2D eigenvalue weighted by Gasteiger charge is 2.14. The Morgan fingerprint density at radius 2 is 2.21 bits per heavy atom. The van der Waals surface area contributed by atoms with E-state index in [1.54, 1.807) is 19.9 Å². The van der Waals surface area contributed by atoms with Gasteiger partial charge in [0.05, 0.1) is 16.6 Å². The molecule has 1 aromatic rings. The highest BCUT2D eigenvalue weighted by atomic mass is 79.9. The van der Waals surface area contributed by atoms with E-state index in [0.29, 0.717) is 5.56 Å². The first-order valence-electron chi connectivity index (χ1n) is 4.19. The normalized spacial score (nSPS) is 10.0. The van der Waals surface area contributed by atoms with E-state index >= 15 is 0 Å². The lowest BCUT2D eigenvalue weighted by atomic mass is 10.1. The Labute approximate surface area is 90.2 Å². The summed E-state index contributed by atoms with van der Waals surface area (Å²) >= 11 is 3.01. The van der Waals surface area contributed by atoms with Crippen LogP contribution in [0.1, 0.15) is 22.8 Å². The first-order chi connectivity index (χ1) is 6.56. The van der Waals surface area contributed by atoms with Crippen LogP contribution in [0.15, 0.2) is 16.6 Å². The fraction of sp³-hybridized carbons (Fsp3) is 0.300. The van der Waals surface area contributed by atoms with Gasteiger partial charge in [-0.25, -0.2) is 9.18 Å². The first-order valence-corrected chi connectivity index (χ1v) is 4.98. The minimum absolute atomic E-state index is 0.154. The molecule has 1 aromatic carbocycles. The van der Waals surface area contributed by atoms with Crippen molar-refractivity contribution in [3.63, 3.8) is 0 Å². The van der Waals surface area contributed by atoms with Gasteiger partial charge in [-0.1, -0.05) is 0 Å². The van der Waals surface area contributed by atoms with Crippen molar-refractivity contribution in [2.45, 2.75) is 13.8 Å². The predicted octanol–water partition coefficient (Wildman–Crippen LogP) is 3.07. The van der Waals surface area contributed by atoms with Crippen LogP contribution in [-0.2, 0) is 4.74 Å². The Hall–Kier alpha value is -0.900. The minimum atomic E-state index is -0.512. The smallest absolute Gasteiger partial charge is 0.339 e. The summed E-state index contributed by atoms with van der Waals surface area (Å²) in [5.74, 6) is -0.963. The second-order valence-electron chi connectivity index (χ2n) is 2.83. The van der Waals surface area contributed by atoms with E-state index < -0.39 is 11.8 Å². The molecule has 4 heteroatoms. The third-order valence-electron chi connectivity index (χ3n) is 1.67. The van der Waals surface area contributed by atoms with Gasteiger partial charge in [0.25, 0.3) is 0 Å². The average molecular weight is 261 g/mol. The van der Waals surface area contributed by atoms with Crippen molar-refractivity contribution in [2.24, 2.45) is 0 Å². The number of carbonyl (C=O) groups excluding carboxylic acids is 1. The third kappa shape index (κ3) is 2.32. The van der Waals surface area contributed by atoms with Crippen molar-refractivity contribution >= 4 is 21.9 Å². The van der Waals surface area contributed by atoms with Crippen LogP contribution in [0.5, 0.6) is 0 Å². The number of halogens is 2. The van der Waals surface area contributed by atoms with Crippen LogP contribution in [0.3, 0.4) is 0 Å². The van der Waals surface area contributed by atoms with Crippen LogP contribution >= 0.6 is 15.9 Å². The van der Waals surface area contributed by atoms with Crippen molar-refractivity contribution < 1.29 is 13.9 Å². The largest absolute Gasteiger partial charge is 0.462 e. The zero-order chi connectivity index (χ0) is 10.7. The zero-order valence-electron chi connectivity index (χ0n) is 7.93. The summed E-state index contributed by atoms with van der Waals surface area (Å²) in [6.07, 6.45) is 0. The summed E-state index contributed by atoms with van der Waals surface area (Å²) < 4.78 is 18.1. The fourth-order valence-electron chi connectivity index (χ4n) is 1.08. The number of carbonyl (C=O) groups is 1. The SMILES string of the molecule is CCOC(=O)c1cc(C)cc(F)c1Br. The summed E-state index contributed by atoms with van der Waals surface area (Å²) in [5, 5.41) is 0. The first kappa shape index (κ1) is 11.2. The predicted molar refractivity (Wildman–Crippen MR) is 54.8 cm³/mol. The van der Waals surface area contributed by atoms with Gasteiger partial charge in [0.15, 0.2) is 0 Å². The maximum Gasteiger partial charge on any atom is 0.339 e. The lowest BCUT2D eigenvalue weighted by molar-refractivity contribution is 0.0524. The molecule has 1 rings (SSSR count). The topological polar surface area (TPSA) is 26.3 Å². The molecule has 0 radical (unpaired) electrons. The molecule has 0 saturated heterocycles. The molecule has 0 atom stereocenters. The fourth-order valence-corrected chi connectivity index (χ4v) is 1.47. The van der Waals surface area contributed by atoms with E-state index in [1.807, 2.05) is 0 Å². The lowest BCUT2D eigenvalue weighted by Gasteiger charge is -2.06. The number of aryl methyl sites for hydroxylation is 1. The zero-order valence-corrected chi connectivity index (χ0v) is 9.52. The van der Waals surface area contributed by atoms with Crippen LogP contribution in [0.2, 0.25) is 0 Å². The summed E-state index contributed by atoms with van der Waals surface area (Å²) in [4.78, 5) is 11.4. The number of benzene rings is 1. The third-order valence-corrected chi connectivity index (χ3v) is 2.47. The lowest BCUT2D eigenvalue weighted by Crippen LogP contribution is -2.06. The Morgan fingerprint density at radius 1 is 1.57 bits per heavy atom. The van der Waals surface area contributed by atoms with E-state index in [4.69, 9.17) is 4.74 Å². The molecule has 0 fully saturated rings. The highest BCUT2D eigenvalue weighted by molar-refractivity contribution is 9.10. The van der Waals surface area contributed by atoms with Crippen molar-refractivity contribution in [3.05, 3.63) is 33.5 Å². The maximum absolute atomic E-state index is 13.2. The molecule has 0 unspecified atom stereocenters. The number of rotatable bonds is 2. The molecule has 2 nitrogen and oxygen atoms in total. The molecule has 0 N–H and O–H groups in total. The molecule has 0 heterocycles. The van der Waals surface area contributed by atoms with E-state index in [1.165, 1.54) is 6.07 Å². The quantitative estimate of drug-likeness (QED) is 0.765. The molecule has 0 aliphatic heterocycles. The van der Waals surface area contributed by atoms with Gasteiger partial charge in [-0.2, -0.15) is 0 Å². The van der Waals surface area contributed by atoms with Crippen molar-refractivity contribution in [1.82, 2.24) is 0 Å². The molecule has 0 aliphatic carbocycles. The molecule has 0 bridgehead atoms. The van der Waals surface area contributed by atoms with Gasteiger partial charge in [-0.3, -0.25) is 0 Å². The second kappa shape index (κ2) is 4.55. The molecular weight excluding hydrogens is 251 g/mol. The van der Waals surface area contributed by atoms with Gasteiger partial charge in [-0.15, -0.1) is 0 Å². The summed E-state index contributed by atoms with van der Waals surface area (Å²) in [7, 11) is 0. The molecule has 76 valence electrons. The highest BCUT2D eigenvalue weighted by Crippen LogP contribution is 2.23. The average Bonchev–Trinajstić information content (AvgIpc) is 2.11. The van der Waals surface area contributed by atoms with Crippen molar-refractivity contribution in [1.29, 1.82) is 0 Å². The number of hydrogen-bond acceptors (Lipinski definition) is 2. The standard InChI is InChI=1S/C10H10BrFO2/c1-3-14-10(13)7-4-6(2)5-8(12)9(7)11/h4-5H,3H2,1-2H3. The van der Waals surface area contributed by atoms with E-state index in [9.17, 15) is 9.18 Å². The summed E-state index contributed by atoms with van der Waals surface area (Å²) in [5.41, 5.74) is 0.915. The summed E-state index contributed by atoms with van der Waals surface area (Å²) in [6.45, 7) is 3.71. The van der Waals surface area contributed by atoms with E-state index in [-0.39, 0.29) is 16.6 Å². The van der Waals surface area contributed by atoms with Gasteiger partial charge in [0.2, 0.25) is 0 Å². The number of esters is 1. The van der Waals surface area contributed by atoms with E-state index in [2.05, 4.69) is 15.9 Å². The van der Waals surface area contributed by atoms with Gasteiger partial charge in [-0.05, 0) is 47.5 Å². The van der Waals surface area contributed by atoms with E-state index in [0.717, 1.165) is 0 Å². The van der Waals surface area contributed by atoms with Gasteiger partial charge in [0.1, 0.15) is 5.82 Å². The van der Waals surface area contributed by atoms with Crippen LogP contribution < -0.4 is 0 Å². The molecule has 0 amide bonds. The Bertz CT molecular complexity index is 363. The van der Waals surface area contributed by atoms with Crippen LogP contribution in [0, 0.1) is 12.7 Å². The monoisotopic (exact) mass is 260 g/mol. The summed E-state index contributed by atoms with van der Waals surface area (Å²) in [6, 6.07) is 2.94. The molecule has 0 aromatic heterocycles. The Balaban J connectivity index is 3.13. The molecule has 0 saturated carbocycles. The number of hydrogen-bond donors (Lipinski definition) is 0. The van der Waals surface area contributed by atoms with Crippen molar-refractivity contribution in [2.75, 3.05) is 6.61 Å².